The van der Waals surface area contributed by atoms with Crippen LogP contribution in [0, 0.1) is 11.3 Å². The second-order valence-electron chi connectivity index (χ2n) is 4.22. The zero-order valence-corrected chi connectivity index (χ0v) is 8.17. The van der Waals surface area contributed by atoms with E-state index in [-0.39, 0.29) is 5.41 Å². The van der Waals surface area contributed by atoms with E-state index in [9.17, 15) is 0 Å². The van der Waals surface area contributed by atoms with Crippen LogP contribution in [0.25, 0.3) is 0 Å². The number of nitrogens with zero attached hydrogens (tertiary/aromatic N) is 1. The second-order valence-corrected chi connectivity index (χ2v) is 4.22. The van der Waals surface area contributed by atoms with Crippen LogP contribution in [0.3, 0.4) is 0 Å². The number of rotatable bonds is 2. The minimum Gasteiger partial charge on any atom is -0.309 e. The van der Waals surface area contributed by atoms with Gasteiger partial charge in [-0.15, -0.1) is 0 Å². The van der Waals surface area contributed by atoms with Gasteiger partial charge in [0.25, 0.3) is 0 Å². The predicted octanol–water partition coefficient (Wildman–Crippen LogP) is 2.18. The minimum absolute atomic E-state index is 0.269. The van der Waals surface area contributed by atoms with Crippen molar-refractivity contribution in [1.29, 1.82) is 0 Å². The molecule has 1 atom stereocenters. The van der Waals surface area contributed by atoms with E-state index in [2.05, 4.69) is 37.4 Å². The first-order valence-electron chi connectivity index (χ1n) is 4.56. The van der Waals surface area contributed by atoms with Crippen LogP contribution in [-0.4, -0.2) is 12.8 Å². The first-order valence-corrected chi connectivity index (χ1v) is 4.56. The summed E-state index contributed by atoms with van der Waals surface area (Å²) in [5.74, 6) is 0.736. The molecule has 0 amide bonds. The van der Waals surface area contributed by atoms with Gasteiger partial charge >= 0.3 is 0 Å². The van der Waals surface area contributed by atoms with Gasteiger partial charge in [-0.3, -0.25) is 0 Å². The van der Waals surface area contributed by atoms with Crippen molar-refractivity contribution in [3.05, 3.63) is 12.2 Å². The molecule has 68 valence electrons. The fourth-order valence-corrected chi connectivity index (χ4v) is 1.73. The third kappa shape index (κ3) is 2.68. The average Bonchev–Trinajstić information content (AvgIpc) is 2.12. The van der Waals surface area contributed by atoms with Gasteiger partial charge in [-0.05, 0) is 18.4 Å². The Kier molecular flexibility index (Phi) is 2.90. The van der Waals surface area contributed by atoms with Gasteiger partial charge in [-0.2, -0.15) is 5.10 Å². The van der Waals surface area contributed by atoms with Gasteiger partial charge in [0.15, 0.2) is 0 Å². The van der Waals surface area contributed by atoms with Crippen molar-refractivity contribution in [2.75, 3.05) is 6.54 Å². The predicted molar refractivity (Wildman–Crippen MR) is 53.2 cm³/mol. The summed E-state index contributed by atoms with van der Waals surface area (Å²) in [6, 6.07) is 0. The summed E-state index contributed by atoms with van der Waals surface area (Å²) in [5, 5.41) is 4.01. The summed E-state index contributed by atoms with van der Waals surface area (Å²) < 4.78 is 0. The van der Waals surface area contributed by atoms with Crippen LogP contribution in [0.2, 0.25) is 0 Å². The number of hydrogen-bond donors (Lipinski definition) is 1. The second kappa shape index (κ2) is 3.74. The maximum Gasteiger partial charge on any atom is 0.0465 e. The van der Waals surface area contributed by atoms with Crippen molar-refractivity contribution in [2.45, 2.75) is 27.2 Å². The molecule has 0 aromatic rings. The van der Waals surface area contributed by atoms with Crippen molar-refractivity contribution >= 4 is 6.21 Å². The summed E-state index contributed by atoms with van der Waals surface area (Å²) in [7, 11) is 0. The number of allylic oxidation sites excluding steroid dienone is 1. The van der Waals surface area contributed by atoms with Crippen LogP contribution in [0.4, 0.5) is 0 Å². The van der Waals surface area contributed by atoms with Gasteiger partial charge < -0.3 is 5.43 Å². The quantitative estimate of drug-likeness (QED) is 0.668. The van der Waals surface area contributed by atoms with Crippen LogP contribution in [0.5, 0.6) is 0 Å². The molecule has 0 aromatic heterocycles. The Balaban J connectivity index is 2.58. The van der Waals surface area contributed by atoms with Crippen LogP contribution in [0.1, 0.15) is 27.2 Å². The average molecular weight is 166 g/mol. The molecule has 1 heterocycles. The summed E-state index contributed by atoms with van der Waals surface area (Å²) in [6.07, 6.45) is 7.30. The van der Waals surface area contributed by atoms with Gasteiger partial charge in [0.1, 0.15) is 0 Å². The molecule has 1 unspecified atom stereocenters. The molecule has 0 aliphatic carbocycles. The molecular formula is C10H18N2. The molecule has 12 heavy (non-hydrogen) atoms. The van der Waals surface area contributed by atoms with Crippen LogP contribution >= 0.6 is 0 Å². The van der Waals surface area contributed by atoms with Crippen LogP contribution in [-0.2, 0) is 0 Å². The number of hydrogen-bond acceptors (Lipinski definition) is 2. The molecule has 1 rings (SSSR count). The van der Waals surface area contributed by atoms with Crippen molar-refractivity contribution in [1.82, 2.24) is 5.43 Å². The van der Waals surface area contributed by atoms with Gasteiger partial charge in [0.2, 0.25) is 0 Å². The largest absolute Gasteiger partial charge is 0.309 e. The van der Waals surface area contributed by atoms with E-state index in [4.69, 9.17) is 0 Å². The van der Waals surface area contributed by atoms with Gasteiger partial charge in [-0.1, -0.05) is 26.8 Å². The van der Waals surface area contributed by atoms with Crippen LogP contribution < -0.4 is 5.43 Å². The number of nitrogens with one attached hydrogen (secondary N) is 1. The fourth-order valence-electron chi connectivity index (χ4n) is 1.73. The third-order valence-corrected chi connectivity index (χ3v) is 2.11. The summed E-state index contributed by atoms with van der Waals surface area (Å²) in [5.41, 5.74) is 3.32. The highest BCUT2D eigenvalue weighted by atomic mass is 15.3. The Morgan fingerprint density at radius 3 is 3.00 bits per heavy atom. The monoisotopic (exact) mass is 166 g/mol. The van der Waals surface area contributed by atoms with E-state index in [0.29, 0.717) is 0 Å². The molecule has 0 saturated heterocycles. The molecule has 0 radical (unpaired) electrons. The van der Waals surface area contributed by atoms with Gasteiger partial charge in [-0.25, -0.2) is 0 Å². The van der Waals surface area contributed by atoms with Crippen molar-refractivity contribution in [3.8, 4) is 0 Å². The highest BCUT2D eigenvalue weighted by Crippen LogP contribution is 2.27. The van der Waals surface area contributed by atoms with Crippen LogP contribution in [0.15, 0.2) is 17.3 Å². The van der Waals surface area contributed by atoms with E-state index < -0.39 is 0 Å². The molecule has 0 aromatic carbocycles. The summed E-state index contributed by atoms with van der Waals surface area (Å²) in [6.45, 7) is 7.72. The van der Waals surface area contributed by atoms with E-state index in [1.165, 1.54) is 6.42 Å². The highest BCUT2D eigenvalue weighted by Gasteiger charge is 2.22. The maximum absolute atomic E-state index is 4.01. The molecular weight excluding hydrogens is 148 g/mol. The van der Waals surface area contributed by atoms with Crippen molar-refractivity contribution in [2.24, 2.45) is 16.4 Å². The van der Waals surface area contributed by atoms with Crippen molar-refractivity contribution < 1.29 is 0 Å². The Labute approximate surface area is 74.7 Å². The zero-order chi connectivity index (χ0) is 9.03. The lowest BCUT2D eigenvalue weighted by Gasteiger charge is -2.26. The Morgan fingerprint density at radius 1 is 1.58 bits per heavy atom. The molecule has 2 nitrogen and oxygen atoms in total. The molecule has 0 spiro atoms. The van der Waals surface area contributed by atoms with Crippen molar-refractivity contribution in [3.63, 3.8) is 0 Å². The lowest BCUT2D eigenvalue weighted by Crippen LogP contribution is -2.27. The fraction of sp³-hybridized carbons (Fsp3) is 0.700. The van der Waals surface area contributed by atoms with E-state index in [1.54, 1.807) is 0 Å². The van der Waals surface area contributed by atoms with E-state index in [1.807, 2.05) is 12.3 Å². The standard InChI is InChI=1S/C10H18N2/c1-9(2)7-10(3)5-4-6-11-12-8-10/h4-6,9,12H,7-8H2,1-3H3. The molecule has 0 bridgehead atoms. The Bertz CT molecular complexity index is 194. The highest BCUT2D eigenvalue weighted by molar-refractivity contribution is 5.71. The smallest absolute Gasteiger partial charge is 0.0465 e. The first-order chi connectivity index (χ1) is 5.62. The zero-order valence-electron chi connectivity index (χ0n) is 8.17. The number of hydrazone groups is 1. The summed E-state index contributed by atoms with van der Waals surface area (Å²) >= 11 is 0. The molecule has 1 aliphatic heterocycles. The summed E-state index contributed by atoms with van der Waals surface area (Å²) in [4.78, 5) is 0. The van der Waals surface area contributed by atoms with Gasteiger partial charge in [0.05, 0.1) is 0 Å². The van der Waals surface area contributed by atoms with E-state index >= 15 is 0 Å². The normalized spacial score (nSPS) is 28.7. The first kappa shape index (κ1) is 9.30. The minimum atomic E-state index is 0.269. The molecule has 2 heteroatoms. The van der Waals surface area contributed by atoms with Gasteiger partial charge in [0, 0.05) is 18.2 Å². The Hall–Kier alpha value is -0.790. The van der Waals surface area contributed by atoms with E-state index in [0.717, 1.165) is 12.5 Å². The molecule has 1 aliphatic rings. The molecule has 0 saturated carbocycles. The topological polar surface area (TPSA) is 24.4 Å². The maximum atomic E-state index is 4.01. The Morgan fingerprint density at radius 2 is 2.33 bits per heavy atom. The molecule has 1 N–H and O–H groups in total. The third-order valence-electron chi connectivity index (χ3n) is 2.11. The molecule has 0 fully saturated rings. The SMILES string of the molecule is CC(C)CC1(C)C=CC=NNC1. The lowest BCUT2D eigenvalue weighted by atomic mass is 9.82. The lowest BCUT2D eigenvalue weighted by molar-refractivity contribution is 0.320.